The summed E-state index contributed by atoms with van der Waals surface area (Å²) in [5.41, 5.74) is 7.89. The van der Waals surface area contributed by atoms with E-state index in [9.17, 15) is 0 Å². The predicted molar refractivity (Wildman–Crippen MR) is 74.3 cm³/mol. The van der Waals surface area contributed by atoms with Crippen molar-refractivity contribution in [2.24, 2.45) is 5.84 Å². The van der Waals surface area contributed by atoms with Gasteiger partial charge in [-0.1, -0.05) is 13.0 Å². The molecule has 2 heterocycles. The normalized spacial score (nSPS) is 12.4. The van der Waals surface area contributed by atoms with Crippen LogP contribution in [0.1, 0.15) is 41.0 Å². The lowest BCUT2D eigenvalue weighted by atomic mass is 9.97. The van der Waals surface area contributed by atoms with Gasteiger partial charge in [0.1, 0.15) is 0 Å². The van der Waals surface area contributed by atoms with Crippen LogP contribution in [0, 0.1) is 13.8 Å². The number of nitrogens with zero attached hydrogens (tertiary/aromatic N) is 3. The monoisotopic (exact) mass is 257 g/mol. The third kappa shape index (κ3) is 2.94. The highest BCUT2D eigenvalue weighted by atomic mass is 15.2. The summed E-state index contributed by atoms with van der Waals surface area (Å²) >= 11 is 0. The molecule has 19 heavy (non-hydrogen) atoms. The highest BCUT2D eigenvalue weighted by Gasteiger charge is 2.17. The van der Waals surface area contributed by atoms with Crippen LogP contribution in [-0.4, -0.2) is 15.2 Å². The maximum Gasteiger partial charge on any atom is 0.0744 e. The molecular formula is C14H19N5. The first-order valence-electron chi connectivity index (χ1n) is 6.36. The van der Waals surface area contributed by atoms with E-state index in [1.807, 2.05) is 32.3 Å². The predicted octanol–water partition coefficient (Wildman–Crippen LogP) is 1.60. The number of nitrogens with one attached hydrogen (secondary N) is 1. The molecule has 0 radical (unpaired) electrons. The van der Waals surface area contributed by atoms with E-state index in [-0.39, 0.29) is 6.04 Å². The third-order valence-electron chi connectivity index (χ3n) is 3.07. The highest BCUT2D eigenvalue weighted by Crippen LogP contribution is 2.24. The van der Waals surface area contributed by atoms with Crippen LogP contribution in [0.15, 0.2) is 24.5 Å². The SMILES string of the molecule is CCc1nnc(C)cc1C(NN)c1cncc(C)c1. The molecule has 100 valence electrons. The Bertz CT molecular complexity index is 568. The number of pyridine rings is 1. The van der Waals surface area contributed by atoms with Crippen molar-refractivity contribution < 1.29 is 0 Å². The van der Waals surface area contributed by atoms with Crippen LogP contribution in [0.4, 0.5) is 0 Å². The Morgan fingerprint density at radius 1 is 1.21 bits per heavy atom. The van der Waals surface area contributed by atoms with Crippen molar-refractivity contribution in [3.63, 3.8) is 0 Å². The van der Waals surface area contributed by atoms with Gasteiger partial charge in [0.15, 0.2) is 0 Å². The van der Waals surface area contributed by atoms with Gasteiger partial charge in [0.25, 0.3) is 0 Å². The van der Waals surface area contributed by atoms with E-state index < -0.39 is 0 Å². The molecule has 0 fully saturated rings. The van der Waals surface area contributed by atoms with Crippen LogP contribution in [0.25, 0.3) is 0 Å². The molecule has 3 N–H and O–H groups in total. The molecular weight excluding hydrogens is 238 g/mol. The van der Waals surface area contributed by atoms with Gasteiger partial charge in [-0.15, -0.1) is 0 Å². The molecule has 5 nitrogen and oxygen atoms in total. The van der Waals surface area contributed by atoms with Gasteiger partial charge in [-0.2, -0.15) is 10.2 Å². The van der Waals surface area contributed by atoms with Crippen LogP contribution in [0.3, 0.4) is 0 Å². The van der Waals surface area contributed by atoms with Gasteiger partial charge in [0, 0.05) is 18.0 Å². The molecule has 0 aromatic carbocycles. The number of aromatic nitrogens is 3. The van der Waals surface area contributed by atoms with Gasteiger partial charge in [-0.25, -0.2) is 5.43 Å². The smallest absolute Gasteiger partial charge is 0.0744 e. The van der Waals surface area contributed by atoms with E-state index in [0.29, 0.717) is 0 Å². The lowest BCUT2D eigenvalue weighted by Gasteiger charge is -2.19. The first-order chi connectivity index (χ1) is 9.15. The Balaban J connectivity index is 2.50. The maximum atomic E-state index is 5.73. The Morgan fingerprint density at radius 2 is 2.00 bits per heavy atom. The lowest BCUT2D eigenvalue weighted by molar-refractivity contribution is 0.619. The average molecular weight is 257 g/mol. The van der Waals surface area contributed by atoms with Crippen molar-refractivity contribution in [2.75, 3.05) is 0 Å². The fraction of sp³-hybridized carbons (Fsp3) is 0.357. The van der Waals surface area contributed by atoms with Crippen LogP contribution >= 0.6 is 0 Å². The second-order valence-electron chi connectivity index (χ2n) is 4.64. The fourth-order valence-corrected chi connectivity index (χ4v) is 2.16. The maximum absolute atomic E-state index is 5.73. The number of hydrazine groups is 1. The summed E-state index contributed by atoms with van der Waals surface area (Å²) in [4.78, 5) is 4.22. The van der Waals surface area contributed by atoms with E-state index in [1.165, 1.54) is 0 Å². The molecule has 0 bridgehead atoms. The second-order valence-corrected chi connectivity index (χ2v) is 4.64. The van der Waals surface area contributed by atoms with Gasteiger partial charge in [-0.3, -0.25) is 10.8 Å². The minimum Gasteiger partial charge on any atom is -0.271 e. The molecule has 0 aliphatic rings. The Kier molecular flexibility index (Phi) is 4.19. The van der Waals surface area contributed by atoms with E-state index in [0.717, 1.165) is 34.5 Å². The standard InChI is InChI=1S/C14H19N5/c1-4-13-12(6-10(3)18-19-13)14(17-15)11-5-9(2)7-16-8-11/h5-8,14,17H,4,15H2,1-3H3. The molecule has 2 rings (SSSR count). The van der Waals surface area contributed by atoms with E-state index in [1.54, 1.807) is 0 Å². The van der Waals surface area contributed by atoms with Crippen LogP contribution in [0.5, 0.6) is 0 Å². The molecule has 0 saturated carbocycles. The number of nitrogens with two attached hydrogens (primary N) is 1. The topological polar surface area (TPSA) is 76.7 Å². The molecule has 2 aromatic rings. The summed E-state index contributed by atoms with van der Waals surface area (Å²) in [7, 11) is 0. The molecule has 1 atom stereocenters. The average Bonchev–Trinajstić information content (AvgIpc) is 2.40. The van der Waals surface area contributed by atoms with Gasteiger partial charge in [0.2, 0.25) is 0 Å². The fourth-order valence-electron chi connectivity index (χ4n) is 2.16. The second kappa shape index (κ2) is 5.86. The number of hydrogen-bond acceptors (Lipinski definition) is 5. The van der Waals surface area contributed by atoms with Gasteiger partial charge in [0.05, 0.1) is 17.4 Å². The minimum absolute atomic E-state index is 0.114. The van der Waals surface area contributed by atoms with Crippen molar-refractivity contribution in [1.29, 1.82) is 0 Å². The summed E-state index contributed by atoms with van der Waals surface area (Å²) in [6, 6.07) is 3.99. The van der Waals surface area contributed by atoms with Gasteiger partial charge < -0.3 is 0 Å². The number of hydrogen-bond donors (Lipinski definition) is 2. The molecule has 0 aliphatic carbocycles. The summed E-state index contributed by atoms with van der Waals surface area (Å²) in [5, 5.41) is 8.35. The molecule has 0 saturated heterocycles. The highest BCUT2D eigenvalue weighted by molar-refractivity contribution is 5.34. The van der Waals surface area contributed by atoms with Crippen LogP contribution in [-0.2, 0) is 6.42 Å². The van der Waals surface area contributed by atoms with Gasteiger partial charge >= 0.3 is 0 Å². The van der Waals surface area contributed by atoms with E-state index in [2.05, 4.69) is 33.6 Å². The van der Waals surface area contributed by atoms with E-state index in [4.69, 9.17) is 5.84 Å². The minimum atomic E-state index is -0.114. The third-order valence-corrected chi connectivity index (χ3v) is 3.07. The van der Waals surface area contributed by atoms with Crippen molar-refractivity contribution >= 4 is 0 Å². The summed E-state index contributed by atoms with van der Waals surface area (Å²) < 4.78 is 0. The zero-order chi connectivity index (χ0) is 13.8. The Morgan fingerprint density at radius 3 is 2.63 bits per heavy atom. The van der Waals surface area contributed by atoms with Crippen molar-refractivity contribution in [3.05, 3.63) is 52.6 Å². The zero-order valence-corrected chi connectivity index (χ0v) is 11.5. The summed E-state index contributed by atoms with van der Waals surface area (Å²) in [5.74, 6) is 5.73. The molecule has 2 aromatic heterocycles. The zero-order valence-electron chi connectivity index (χ0n) is 11.5. The van der Waals surface area contributed by atoms with E-state index >= 15 is 0 Å². The van der Waals surface area contributed by atoms with Crippen molar-refractivity contribution in [1.82, 2.24) is 20.6 Å². The lowest BCUT2D eigenvalue weighted by Crippen LogP contribution is -2.30. The Hall–Kier alpha value is -1.85. The first kappa shape index (κ1) is 13.6. The van der Waals surface area contributed by atoms with Crippen LogP contribution < -0.4 is 11.3 Å². The summed E-state index contributed by atoms with van der Waals surface area (Å²) in [6.45, 7) is 6.00. The molecule has 0 aliphatic heterocycles. The summed E-state index contributed by atoms with van der Waals surface area (Å²) in [6.07, 6.45) is 4.47. The number of rotatable bonds is 4. The Labute approximate surface area is 113 Å². The molecule has 0 amide bonds. The van der Waals surface area contributed by atoms with Crippen molar-refractivity contribution in [3.8, 4) is 0 Å². The molecule has 5 heteroatoms. The molecule has 1 unspecified atom stereocenters. The van der Waals surface area contributed by atoms with Gasteiger partial charge in [-0.05, 0) is 37.5 Å². The quantitative estimate of drug-likeness (QED) is 0.642. The largest absolute Gasteiger partial charge is 0.271 e. The van der Waals surface area contributed by atoms with Crippen LogP contribution in [0.2, 0.25) is 0 Å². The number of aryl methyl sites for hydroxylation is 3. The molecule has 0 spiro atoms. The van der Waals surface area contributed by atoms with Crippen molar-refractivity contribution in [2.45, 2.75) is 33.2 Å². The first-order valence-corrected chi connectivity index (χ1v) is 6.36.